The van der Waals surface area contributed by atoms with E-state index in [1.165, 1.54) is 75.5 Å². The molecule has 0 heterocycles. The molecule has 2 unspecified atom stereocenters. The van der Waals surface area contributed by atoms with E-state index in [-0.39, 0.29) is 12.7 Å². The van der Waals surface area contributed by atoms with Gasteiger partial charge in [-0.25, -0.2) is 0 Å². The molecule has 3 N–H and O–H groups in total. The van der Waals surface area contributed by atoms with Gasteiger partial charge in [0.25, 0.3) is 0 Å². The molecule has 0 saturated heterocycles. The maximum atomic E-state index is 9.91. The second kappa shape index (κ2) is 17.2. The summed E-state index contributed by atoms with van der Waals surface area (Å²) in [5.74, 6) is 0. The topological polar surface area (TPSA) is 44.9 Å². The van der Waals surface area contributed by atoms with Gasteiger partial charge < -0.3 is 15.1 Å². The van der Waals surface area contributed by atoms with Crippen LogP contribution in [0.25, 0.3) is 0 Å². The molecule has 0 spiro atoms. The van der Waals surface area contributed by atoms with Crippen LogP contribution in [0.3, 0.4) is 0 Å². The fraction of sp³-hybridized carbons (Fsp3) is 1.00. The van der Waals surface area contributed by atoms with Gasteiger partial charge >= 0.3 is 0 Å². The first-order valence-corrected chi connectivity index (χ1v) is 9.81. The number of nitrogens with one attached hydrogen (secondary N) is 1. The van der Waals surface area contributed by atoms with Crippen LogP contribution < -0.4 is 4.90 Å². The maximum absolute atomic E-state index is 9.91. The zero-order chi connectivity index (χ0) is 16.5. The van der Waals surface area contributed by atoms with Crippen molar-refractivity contribution in [1.29, 1.82) is 0 Å². The number of aliphatic hydroxyl groups is 2. The monoisotopic (exact) mass is 316 g/mol. The van der Waals surface area contributed by atoms with Crippen LogP contribution >= 0.6 is 0 Å². The molecule has 3 heteroatoms. The summed E-state index contributed by atoms with van der Waals surface area (Å²) < 4.78 is 0. The van der Waals surface area contributed by atoms with E-state index in [0.717, 1.165) is 25.9 Å². The fourth-order valence-corrected chi connectivity index (χ4v) is 3.02. The lowest BCUT2D eigenvalue weighted by atomic mass is 10.0. The molecule has 134 valence electrons. The van der Waals surface area contributed by atoms with Gasteiger partial charge in [0.1, 0.15) is 19.2 Å². The van der Waals surface area contributed by atoms with Gasteiger partial charge in [0, 0.05) is 0 Å². The second-order valence-corrected chi connectivity index (χ2v) is 6.97. The third-order valence-corrected chi connectivity index (χ3v) is 4.51. The molecule has 0 rings (SSSR count). The third-order valence-electron chi connectivity index (χ3n) is 4.51. The van der Waals surface area contributed by atoms with Crippen molar-refractivity contribution in [2.45, 2.75) is 96.5 Å². The SMILES string of the molecule is CCCCCCCCCCCCCCC(O)C[NH+](C)CCO. The molecule has 0 aliphatic carbocycles. The first-order chi connectivity index (χ1) is 10.7. The Bertz CT molecular complexity index is 212. The molecule has 0 saturated carbocycles. The number of unbranched alkanes of at least 4 members (excludes halogenated alkanes) is 11. The van der Waals surface area contributed by atoms with E-state index in [4.69, 9.17) is 5.11 Å². The molecule has 0 aromatic heterocycles. The highest BCUT2D eigenvalue weighted by atomic mass is 16.3. The largest absolute Gasteiger partial charge is 0.391 e. The fourth-order valence-electron chi connectivity index (χ4n) is 3.02. The number of quaternary nitrogens is 1. The minimum absolute atomic E-state index is 0.199. The van der Waals surface area contributed by atoms with Gasteiger partial charge in [-0.1, -0.05) is 84.0 Å². The van der Waals surface area contributed by atoms with E-state index >= 15 is 0 Å². The number of rotatable bonds is 17. The van der Waals surface area contributed by atoms with Crippen LogP contribution in [0.2, 0.25) is 0 Å². The summed E-state index contributed by atoms with van der Waals surface area (Å²) >= 11 is 0. The number of hydrogen-bond acceptors (Lipinski definition) is 2. The molecule has 0 aliphatic rings. The summed E-state index contributed by atoms with van der Waals surface area (Å²) in [5, 5.41) is 18.7. The zero-order valence-electron chi connectivity index (χ0n) is 15.3. The van der Waals surface area contributed by atoms with Gasteiger partial charge in [-0.05, 0) is 6.42 Å². The molecule has 0 aromatic carbocycles. The third kappa shape index (κ3) is 16.3. The van der Waals surface area contributed by atoms with Crippen LogP contribution in [0.1, 0.15) is 90.4 Å². The molecule has 0 aliphatic heterocycles. The lowest BCUT2D eigenvalue weighted by molar-refractivity contribution is -0.883. The molecule has 0 aromatic rings. The summed E-state index contributed by atoms with van der Waals surface area (Å²) in [4.78, 5) is 1.22. The summed E-state index contributed by atoms with van der Waals surface area (Å²) in [6.07, 6.45) is 17.0. The van der Waals surface area contributed by atoms with E-state index in [0.29, 0.717) is 0 Å². The number of aliphatic hydroxyl groups excluding tert-OH is 2. The number of likely N-dealkylation sites (N-methyl/N-ethyl adjacent to an activating group) is 1. The Hall–Kier alpha value is -0.120. The second-order valence-electron chi connectivity index (χ2n) is 6.97. The molecule has 0 amide bonds. The lowest BCUT2D eigenvalue weighted by Crippen LogP contribution is -3.10. The minimum Gasteiger partial charge on any atom is -0.391 e. The Morgan fingerprint density at radius 1 is 0.773 bits per heavy atom. The molecular formula is C19H42NO2+. The average molecular weight is 317 g/mol. The van der Waals surface area contributed by atoms with Gasteiger partial charge in [0.15, 0.2) is 0 Å². The van der Waals surface area contributed by atoms with Crippen molar-refractivity contribution in [1.82, 2.24) is 0 Å². The predicted molar refractivity (Wildman–Crippen MR) is 95.4 cm³/mol. The Morgan fingerprint density at radius 2 is 1.23 bits per heavy atom. The van der Waals surface area contributed by atoms with Crippen LogP contribution in [0, 0.1) is 0 Å². The summed E-state index contributed by atoms with van der Waals surface area (Å²) in [6.45, 7) is 3.97. The van der Waals surface area contributed by atoms with Crippen LogP contribution in [0.4, 0.5) is 0 Å². The van der Waals surface area contributed by atoms with E-state index in [1.807, 2.05) is 7.05 Å². The normalized spacial score (nSPS) is 14.2. The Kier molecular flexibility index (Phi) is 17.1. The van der Waals surface area contributed by atoms with Crippen molar-refractivity contribution in [2.75, 3.05) is 26.7 Å². The molecule has 2 atom stereocenters. The van der Waals surface area contributed by atoms with Crippen LogP contribution in [-0.2, 0) is 0 Å². The Labute approximate surface area is 139 Å². The Morgan fingerprint density at radius 3 is 1.68 bits per heavy atom. The van der Waals surface area contributed by atoms with Crippen molar-refractivity contribution in [3.05, 3.63) is 0 Å². The molecule has 0 fully saturated rings. The predicted octanol–water partition coefficient (Wildman–Crippen LogP) is 2.95. The van der Waals surface area contributed by atoms with Crippen LogP contribution in [0.15, 0.2) is 0 Å². The average Bonchev–Trinajstić information content (AvgIpc) is 2.48. The summed E-state index contributed by atoms with van der Waals surface area (Å²) in [7, 11) is 2.03. The van der Waals surface area contributed by atoms with Crippen molar-refractivity contribution in [2.24, 2.45) is 0 Å². The quantitative estimate of drug-likeness (QED) is 0.361. The highest BCUT2D eigenvalue weighted by Crippen LogP contribution is 2.12. The van der Waals surface area contributed by atoms with Gasteiger partial charge in [-0.2, -0.15) is 0 Å². The van der Waals surface area contributed by atoms with Gasteiger partial charge in [0.2, 0.25) is 0 Å². The number of hydrogen-bond donors (Lipinski definition) is 3. The van der Waals surface area contributed by atoms with E-state index in [1.54, 1.807) is 0 Å². The lowest BCUT2D eigenvalue weighted by Gasteiger charge is -2.16. The van der Waals surface area contributed by atoms with Crippen molar-refractivity contribution in [3.63, 3.8) is 0 Å². The van der Waals surface area contributed by atoms with E-state index in [2.05, 4.69) is 6.92 Å². The van der Waals surface area contributed by atoms with Gasteiger partial charge in [0.05, 0.1) is 13.7 Å². The highest BCUT2D eigenvalue weighted by Gasteiger charge is 2.10. The molecule has 3 nitrogen and oxygen atoms in total. The summed E-state index contributed by atoms with van der Waals surface area (Å²) in [5.41, 5.74) is 0. The van der Waals surface area contributed by atoms with Crippen molar-refractivity contribution < 1.29 is 15.1 Å². The summed E-state index contributed by atoms with van der Waals surface area (Å²) in [6, 6.07) is 0. The molecular weight excluding hydrogens is 274 g/mol. The van der Waals surface area contributed by atoms with Crippen LogP contribution in [0.5, 0.6) is 0 Å². The molecule has 0 radical (unpaired) electrons. The van der Waals surface area contributed by atoms with Crippen LogP contribution in [-0.4, -0.2) is 43.1 Å². The maximum Gasteiger partial charge on any atom is 0.103 e. The zero-order valence-corrected chi connectivity index (χ0v) is 15.3. The molecule has 22 heavy (non-hydrogen) atoms. The van der Waals surface area contributed by atoms with E-state index < -0.39 is 0 Å². The van der Waals surface area contributed by atoms with E-state index in [9.17, 15) is 5.11 Å². The smallest absolute Gasteiger partial charge is 0.103 e. The highest BCUT2D eigenvalue weighted by molar-refractivity contribution is 4.54. The molecule has 0 bridgehead atoms. The minimum atomic E-state index is -0.199. The first-order valence-electron chi connectivity index (χ1n) is 9.81. The van der Waals surface area contributed by atoms with Gasteiger partial charge in [-0.15, -0.1) is 0 Å². The Balaban J connectivity index is 3.16. The van der Waals surface area contributed by atoms with Crippen molar-refractivity contribution >= 4 is 0 Å². The van der Waals surface area contributed by atoms with Crippen molar-refractivity contribution in [3.8, 4) is 0 Å². The van der Waals surface area contributed by atoms with Gasteiger partial charge in [-0.3, -0.25) is 0 Å². The standard InChI is InChI=1S/C19H41NO2/c1-3-4-5-6-7-8-9-10-11-12-13-14-15-19(22)18-20(2)16-17-21/h19,21-22H,3-18H2,1-2H3/p+1. The first kappa shape index (κ1) is 21.9.